The molecule has 6 heteroatoms. The largest absolute Gasteiger partial charge is 0.465 e. The highest BCUT2D eigenvalue weighted by atomic mass is 16.5. The number of rotatable bonds is 5. The summed E-state index contributed by atoms with van der Waals surface area (Å²) < 4.78 is 16.0. The van der Waals surface area contributed by atoms with Gasteiger partial charge in [-0.3, -0.25) is 4.79 Å². The molecule has 1 aliphatic rings. The van der Waals surface area contributed by atoms with Gasteiger partial charge in [0.15, 0.2) is 0 Å². The van der Waals surface area contributed by atoms with Gasteiger partial charge in [0, 0.05) is 7.11 Å². The molecule has 0 saturated heterocycles. The highest BCUT2D eigenvalue weighted by Crippen LogP contribution is 2.40. The minimum Gasteiger partial charge on any atom is -0.465 e. The molecule has 1 aromatic heterocycles. The molecule has 1 fully saturated rings. The molecular formula is C14H22N2O4. The van der Waals surface area contributed by atoms with Gasteiger partial charge >= 0.3 is 5.97 Å². The fraction of sp³-hybridized carbons (Fsp3) is 0.786. The van der Waals surface area contributed by atoms with Crippen molar-refractivity contribution in [2.75, 3.05) is 13.7 Å². The molecule has 0 aromatic carbocycles. The van der Waals surface area contributed by atoms with Gasteiger partial charge in [0.1, 0.15) is 11.0 Å². The first-order chi connectivity index (χ1) is 9.46. The Morgan fingerprint density at radius 2 is 2.05 bits per heavy atom. The number of hydrogen-bond donors (Lipinski definition) is 0. The summed E-state index contributed by atoms with van der Waals surface area (Å²) in [6.07, 6.45) is 3.92. The summed E-state index contributed by atoms with van der Waals surface area (Å²) in [7, 11) is 1.66. The van der Waals surface area contributed by atoms with Crippen LogP contribution in [-0.4, -0.2) is 29.8 Å². The minimum absolute atomic E-state index is 0.272. The maximum absolute atomic E-state index is 12.0. The summed E-state index contributed by atoms with van der Waals surface area (Å²) in [6.45, 7) is 5.53. The van der Waals surface area contributed by atoms with Crippen molar-refractivity contribution in [3.05, 3.63) is 11.7 Å². The molecule has 6 nitrogen and oxygen atoms in total. The number of esters is 1. The third kappa shape index (κ3) is 2.44. The zero-order valence-corrected chi connectivity index (χ0v) is 12.6. The number of nitrogens with zero attached hydrogens (tertiary/aromatic N) is 2. The van der Waals surface area contributed by atoms with Crippen molar-refractivity contribution in [3.8, 4) is 0 Å². The van der Waals surface area contributed by atoms with Gasteiger partial charge in [0.2, 0.25) is 11.7 Å². The Bertz CT molecular complexity index is 475. The van der Waals surface area contributed by atoms with Gasteiger partial charge < -0.3 is 14.0 Å². The maximum atomic E-state index is 12.0. The van der Waals surface area contributed by atoms with E-state index in [0.717, 1.165) is 25.7 Å². The van der Waals surface area contributed by atoms with Crippen LogP contribution in [0.5, 0.6) is 0 Å². The van der Waals surface area contributed by atoms with E-state index in [9.17, 15) is 4.79 Å². The van der Waals surface area contributed by atoms with Crippen molar-refractivity contribution >= 4 is 5.97 Å². The lowest BCUT2D eigenvalue weighted by Gasteiger charge is -2.23. The van der Waals surface area contributed by atoms with Crippen molar-refractivity contribution < 1.29 is 18.8 Å². The van der Waals surface area contributed by atoms with Gasteiger partial charge in [-0.1, -0.05) is 5.16 Å². The molecule has 1 saturated carbocycles. The minimum atomic E-state index is -0.950. The van der Waals surface area contributed by atoms with Crippen LogP contribution >= 0.6 is 0 Å². The quantitative estimate of drug-likeness (QED) is 0.772. The number of carbonyl (C=O) groups is 1. The molecule has 0 spiro atoms. The van der Waals surface area contributed by atoms with Crippen LogP contribution in [0.4, 0.5) is 0 Å². The molecule has 1 aliphatic carbocycles. The van der Waals surface area contributed by atoms with Crippen LogP contribution < -0.4 is 0 Å². The van der Waals surface area contributed by atoms with Gasteiger partial charge in [-0.05, 0) is 46.5 Å². The Morgan fingerprint density at radius 1 is 1.40 bits per heavy atom. The normalized spacial score (nSPS) is 18.2. The van der Waals surface area contributed by atoms with Gasteiger partial charge in [-0.2, -0.15) is 4.98 Å². The first-order valence-corrected chi connectivity index (χ1v) is 7.03. The standard InChI is InChI=1S/C14H22N2O4/c1-5-19-12(17)13(2,3)11-15-10(16-20-11)14(18-4)8-6-7-9-14/h5-9H2,1-4H3. The molecule has 0 bridgehead atoms. The van der Waals surface area contributed by atoms with Crippen molar-refractivity contribution in [3.63, 3.8) is 0 Å². The lowest BCUT2D eigenvalue weighted by atomic mass is 9.93. The van der Waals surface area contributed by atoms with E-state index < -0.39 is 11.0 Å². The molecule has 0 aliphatic heterocycles. The number of aromatic nitrogens is 2. The van der Waals surface area contributed by atoms with Crippen LogP contribution in [-0.2, 0) is 25.3 Å². The molecule has 20 heavy (non-hydrogen) atoms. The highest BCUT2D eigenvalue weighted by molar-refractivity contribution is 5.80. The zero-order valence-electron chi connectivity index (χ0n) is 12.6. The van der Waals surface area contributed by atoms with Crippen LogP contribution in [0.25, 0.3) is 0 Å². The number of ether oxygens (including phenoxy) is 2. The Hall–Kier alpha value is -1.43. The predicted octanol–water partition coefficient (Wildman–Crippen LogP) is 2.33. The van der Waals surface area contributed by atoms with Crippen LogP contribution in [0.15, 0.2) is 4.52 Å². The van der Waals surface area contributed by atoms with E-state index in [1.54, 1.807) is 27.9 Å². The third-order valence-electron chi connectivity index (χ3n) is 3.96. The molecule has 0 radical (unpaired) electrons. The molecule has 1 aromatic rings. The summed E-state index contributed by atoms with van der Waals surface area (Å²) in [5.41, 5.74) is -1.42. The van der Waals surface area contributed by atoms with E-state index >= 15 is 0 Å². The maximum Gasteiger partial charge on any atom is 0.321 e. The second-order valence-corrected chi connectivity index (χ2v) is 5.67. The molecule has 2 rings (SSSR count). The predicted molar refractivity (Wildman–Crippen MR) is 71.1 cm³/mol. The van der Waals surface area contributed by atoms with E-state index in [1.165, 1.54) is 0 Å². The van der Waals surface area contributed by atoms with Crippen molar-refractivity contribution in [1.29, 1.82) is 0 Å². The third-order valence-corrected chi connectivity index (χ3v) is 3.96. The smallest absolute Gasteiger partial charge is 0.321 e. The molecule has 112 valence electrons. The SMILES string of the molecule is CCOC(=O)C(C)(C)c1nc(C2(OC)CCCC2)no1. The summed E-state index contributed by atoms with van der Waals surface area (Å²) in [4.78, 5) is 16.4. The summed E-state index contributed by atoms with van der Waals surface area (Å²) in [5, 5.41) is 4.03. The zero-order chi connectivity index (χ0) is 14.8. The Kier molecular flexibility index (Phi) is 4.13. The van der Waals surface area contributed by atoms with Crippen LogP contribution in [0, 0.1) is 0 Å². The topological polar surface area (TPSA) is 74.5 Å². The van der Waals surface area contributed by atoms with Crippen molar-refractivity contribution in [1.82, 2.24) is 10.1 Å². The van der Waals surface area contributed by atoms with Crippen molar-refractivity contribution in [2.45, 2.75) is 57.5 Å². The number of carbonyl (C=O) groups excluding carboxylic acids is 1. The van der Waals surface area contributed by atoms with E-state index in [-0.39, 0.29) is 11.9 Å². The highest BCUT2D eigenvalue weighted by Gasteiger charge is 2.43. The molecule has 0 N–H and O–H groups in total. The summed E-state index contributed by atoms with van der Waals surface area (Å²) in [6, 6.07) is 0. The van der Waals surface area contributed by atoms with Gasteiger partial charge in [-0.25, -0.2) is 0 Å². The van der Waals surface area contributed by atoms with E-state index in [4.69, 9.17) is 14.0 Å². The Balaban J connectivity index is 2.26. The first kappa shape index (κ1) is 15.0. The van der Waals surface area contributed by atoms with Crippen molar-refractivity contribution in [2.24, 2.45) is 0 Å². The lowest BCUT2D eigenvalue weighted by molar-refractivity contribution is -0.149. The fourth-order valence-corrected chi connectivity index (χ4v) is 2.53. The van der Waals surface area contributed by atoms with Crippen LogP contribution in [0.3, 0.4) is 0 Å². The monoisotopic (exact) mass is 282 g/mol. The van der Waals surface area contributed by atoms with E-state index in [1.807, 2.05) is 0 Å². The van der Waals surface area contributed by atoms with E-state index in [0.29, 0.717) is 12.4 Å². The van der Waals surface area contributed by atoms with Gasteiger partial charge in [0.25, 0.3) is 0 Å². The summed E-state index contributed by atoms with van der Waals surface area (Å²) >= 11 is 0. The Labute approximate surface area is 118 Å². The van der Waals surface area contributed by atoms with E-state index in [2.05, 4.69) is 10.1 Å². The molecule has 0 amide bonds. The van der Waals surface area contributed by atoms with Gasteiger partial charge in [-0.15, -0.1) is 0 Å². The second kappa shape index (κ2) is 5.52. The summed E-state index contributed by atoms with van der Waals surface area (Å²) in [5.74, 6) is 0.437. The number of methoxy groups -OCH3 is 1. The average molecular weight is 282 g/mol. The van der Waals surface area contributed by atoms with Crippen LogP contribution in [0.1, 0.15) is 58.2 Å². The number of hydrogen-bond acceptors (Lipinski definition) is 6. The van der Waals surface area contributed by atoms with Crippen LogP contribution in [0.2, 0.25) is 0 Å². The second-order valence-electron chi connectivity index (χ2n) is 5.67. The molecule has 0 unspecified atom stereocenters. The van der Waals surface area contributed by atoms with Gasteiger partial charge in [0.05, 0.1) is 6.61 Å². The molecule has 0 atom stereocenters. The Morgan fingerprint density at radius 3 is 2.60 bits per heavy atom. The first-order valence-electron chi connectivity index (χ1n) is 7.03. The average Bonchev–Trinajstić information content (AvgIpc) is 3.08. The lowest BCUT2D eigenvalue weighted by Crippen LogP contribution is -2.32. The molecule has 1 heterocycles. The molecular weight excluding hydrogens is 260 g/mol. The fourth-order valence-electron chi connectivity index (χ4n) is 2.53.